The van der Waals surface area contributed by atoms with Gasteiger partial charge in [-0.2, -0.15) is 0 Å². The van der Waals surface area contributed by atoms with Gasteiger partial charge in [0.1, 0.15) is 5.54 Å². The Morgan fingerprint density at radius 3 is 2.70 bits per heavy atom. The van der Waals surface area contributed by atoms with Gasteiger partial charge in [-0.15, -0.1) is 0 Å². The lowest BCUT2D eigenvalue weighted by atomic mass is 9.87. The number of H-pyrrole nitrogens is 1. The van der Waals surface area contributed by atoms with Crippen molar-refractivity contribution in [1.82, 2.24) is 15.6 Å². The minimum atomic E-state index is -1.22. The second kappa shape index (κ2) is 8.46. The number of benzene rings is 1. The number of aromatic amines is 1. The molecule has 1 heterocycles. The van der Waals surface area contributed by atoms with Crippen LogP contribution in [0.2, 0.25) is 0 Å². The van der Waals surface area contributed by atoms with Gasteiger partial charge in [0, 0.05) is 30.1 Å². The van der Waals surface area contributed by atoms with E-state index in [1.165, 1.54) is 32.1 Å². The van der Waals surface area contributed by atoms with Gasteiger partial charge in [0.05, 0.1) is 0 Å². The van der Waals surface area contributed by atoms with Crippen molar-refractivity contribution in [3.8, 4) is 0 Å². The van der Waals surface area contributed by atoms with Crippen molar-refractivity contribution in [3.05, 3.63) is 36.0 Å². The van der Waals surface area contributed by atoms with Gasteiger partial charge in [-0.1, -0.05) is 50.3 Å². The molecule has 1 aliphatic carbocycles. The summed E-state index contributed by atoms with van der Waals surface area (Å²) in [5.74, 6) is 0.400. The van der Waals surface area contributed by atoms with E-state index in [0.717, 1.165) is 22.9 Å². The summed E-state index contributed by atoms with van der Waals surface area (Å²) in [5, 5.41) is 15.7. The molecule has 4 N–H and O–H groups in total. The molecule has 1 aromatic heterocycles. The average molecular weight is 371 g/mol. The van der Waals surface area contributed by atoms with Crippen LogP contribution >= 0.6 is 0 Å². The monoisotopic (exact) mass is 371 g/mol. The Bertz CT molecular complexity index is 795. The molecule has 146 valence electrons. The fourth-order valence-electron chi connectivity index (χ4n) is 4.14. The zero-order chi connectivity index (χ0) is 19.3. The maximum absolute atomic E-state index is 12.9. The lowest BCUT2D eigenvalue weighted by molar-refractivity contribution is -0.126. The molecule has 0 bridgehead atoms. The number of carbonyl (C=O) groups excluding carboxylic acids is 1. The Morgan fingerprint density at radius 1 is 1.22 bits per heavy atom. The number of nitrogens with one attached hydrogen (secondary N) is 3. The SMILES string of the molecule is C[C@](Cc1c[nH]c2ccccc12)(NC(=O)O)C(=O)NCCC1CCCCC1. The lowest BCUT2D eigenvalue weighted by Crippen LogP contribution is -2.58. The number of rotatable bonds is 7. The summed E-state index contributed by atoms with van der Waals surface area (Å²) in [6.07, 6.45) is 8.23. The number of hydrogen-bond acceptors (Lipinski definition) is 2. The fourth-order valence-corrected chi connectivity index (χ4v) is 4.14. The first-order chi connectivity index (χ1) is 13.0. The summed E-state index contributed by atoms with van der Waals surface area (Å²) in [6.45, 7) is 2.24. The van der Waals surface area contributed by atoms with Crippen LogP contribution in [0.25, 0.3) is 10.9 Å². The van der Waals surface area contributed by atoms with Crippen molar-refractivity contribution in [2.24, 2.45) is 5.92 Å². The van der Waals surface area contributed by atoms with E-state index in [2.05, 4.69) is 15.6 Å². The number of aromatic nitrogens is 1. The molecule has 27 heavy (non-hydrogen) atoms. The number of carboxylic acid groups (broad SMARTS) is 1. The van der Waals surface area contributed by atoms with Gasteiger partial charge in [0.15, 0.2) is 0 Å². The van der Waals surface area contributed by atoms with Crippen molar-refractivity contribution in [2.75, 3.05) is 6.54 Å². The zero-order valence-corrected chi connectivity index (χ0v) is 15.9. The molecule has 1 fully saturated rings. The van der Waals surface area contributed by atoms with E-state index in [-0.39, 0.29) is 5.91 Å². The van der Waals surface area contributed by atoms with Crippen LogP contribution < -0.4 is 10.6 Å². The van der Waals surface area contributed by atoms with Crippen molar-refractivity contribution in [1.29, 1.82) is 0 Å². The highest BCUT2D eigenvalue weighted by Gasteiger charge is 2.35. The Labute approximate surface area is 159 Å². The Hall–Kier alpha value is -2.50. The topological polar surface area (TPSA) is 94.2 Å². The highest BCUT2D eigenvalue weighted by Crippen LogP contribution is 2.26. The van der Waals surface area contributed by atoms with Crippen LogP contribution in [-0.4, -0.2) is 34.2 Å². The molecule has 3 rings (SSSR count). The average Bonchev–Trinajstić information content (AvgIpc) is 3.04. The van der Waals surface area contributed by atoms with E-state index in [0.29, 0.717) is 18.9 Å². The minimum Gasteiger partial charge on any atom is -0.465 e. The van der Waals surface area contributed by atoms with E-state index in [9.17, 15) is 14.7 Å². The summed E-state index contributed by atoms with van der Waals surface area (Å²) in [6, 6.07) is 7.82. The van der Waals surface area contributed by atoms with Gasteiger partial charge in [-0.05, 0) is 30.9 Å². The van der Waals surface area contributed by atoms with Gasteiger partial charge in [0.25, 0.3) is 0 Å². The van der Waals surface area contributed by atoms with E-state index in [1.54, 1.807) is 6.92 Å². The molecule has 0 spiro atoms. The second-order valence-corrected chi connectivity index (χ2v) is 7.85. The van der Waals surface area contributed by atoms with Crippen LogP contribution in [0.1, 0.15) is 51.0 Å². The van der Waals surface area contributed by atoms with Crippen LogP contribution in [0, 0.1) is 5.92 Å². The second-order valence-electron chi connectivity index (χ2n) is 7.85. The molecule has 1 aromatic carbocycles. The van der Waals surface area contributed by atoms with E-state index in [1.807, 2.05) is 30.5 Å². The first-order valence-corrected chi connectivity index (χ1v) is 9.82. The molecule has 1 saturated carbocycles. The molecule has 6 heteroatoms. The number of hydrogen-bond donors (Lipinski definition) is 4. The molecule has 0 aliphatic heterocycles. The molecule has 2 amide bonds. The molecule has 0 radical (unpaired) electrons. The maximum atomic E-state index is 12.9. The summed E-state index contributed by atoms with van der Waals surface area (Å²) >= 11 is 0. The molecule has 1 aliphatic rings. The predicted molar refractivity (Wildman–Crippen MR) is 106 cm³/mol. The van der Waals surface area contributed by atoms with E-state index in [4.69, 9.17) is 0 Å². The summed E-state index contributed by atoms with van der Waals surface area (Å²) in [5.41, 5.74) is 0.677. The van der Waals surface area contributed by atoms with E-state index >= 15 is 0 Å². The van der Waals surface area contributed by atoms with Gasteiger partial charge < -0.3 is 20.7 Å². The third kappa shape index (κ3) is 4.81. The third-order valence-electron chi connectivity index (χ3n) is 5.67. The van der Waals surface area contributed by atoms with Gasteiger partial charge in [0.2, 0.25) is 5.91 Å². The highest BCUT2D eigenvalue weighted by molar-refractivity contribution is 5.91. The molecular weight excluding hydrogens is 342 g/mol. The largest absolute Gasteiger partial charge is 0.465 e. The van der Waals surface area contributed by atoms with Gasteiger partial charge in [-0.25, -0.2) is 4.79 Å². The van der Waals surface area contributed by atoms with E-state index < -0.39 is 11.6 Å². The highest BCUT2D eigenvalue weighted by atomic mass is 16.4. The van der Waals surface area contributed by atoms with Crippen LogP contribution in [-0.2, 0) is 11.2 Å². The summed E-state index contributed by atoms with van der Waals surface area (Å²) in [4.78, 5) is 27.4. The molecule has 0 unspecified atom stereocenters. The Balaban J connectivity index is 1.67. The van der Waals surface area contributed by atoms with Crippen molar-refractivity contribution >= 4 is 22.9 Å². The number of carbonyl (C=O) groups is 2. The normalized spacial score (nSPS) is 17.4. The number of fused-ring (bicyclic) bond motifs is 1. The molecular formula is C21H29N3O3. The third-order valence-corrected chi connectivity index (χ3v) is 5.67. The minimum absolute atomic E-state index is 0.272. The predicted octanol–water partition coefficient (Wildman–Crippen LogP) is 3.82. The van der Waals surface area contributed by atoms with Gasteiger partial charge in [-0.3, -0.25) is 4.79 Å². The smallest absolute Gasteiger partial charge is 0.405 e. The van der Waals surface area contributed by atoms with Gasteiger partial charge >= 0.3 is 6.09 Å². The Morgan fingerprint density at radius 2 is 1.96 bits per heavy atom. The zero-order valence-electron chi connectivity index (χ0n) is 15.9. The first kappa shape index (κ1) is 19.3. The van der Waals surface area contributed by atoms with Crippen molar-refractivity contribution in [3.63, 3.8) is 0 Å². The molecule has 1 atom stereocenters. The quantitative estimate of drug-likeness (QED) is 0.596. The van der Waals surface area contributed by atoms with Crippen LogP contribution in [0.15, 0.2) is 30.5 Å². The van der Waals surface area contributed by atoms with Crippen LogP contribution in [0.5, 0.6) is 0 Å². The molecule has 6 nitrogen and oxygen atoms in total. The van der Waals surface area contributed by atoms with Crippen molar-refractivity contribution in [2.45, 2.75) is 57.4 Å². The first-order valence-electron chi connectivity index (χ1n) is 9.82. The molecule has 0 saturated heterocycles. The number of para-hydroxylation sites is 1. The van der Waals surface area contributed by atoms with Crippen LogP contribution in [0.4, 0.5) is 4.79 Å². The van der Waals surface area contributed by atoms with Crippen molar-refractivity contribution < 1.29 is 14.7 Å². The number of amides is 2. The summed E-state index contributed by atoms with van der Waals surface area (Å²) < 4.78 is 0. The Kier molecular flexibility index (Phi) is 6.04. The molecule has 2 aromatic rings. The standard InChI is InChI=1S/C21H29N3O3/c1-21(24-20(26)27,13-16-14-23-18-10-6-5-9-17(16)18)19(25)22-12-11-15-7-3-2-4-8-15/h5-6,9-10,14-15,23-24H,2-4,7-8,11-13H2,1H3,(H,22,25)(H,26,27)/t21-/m1/s1. The van der Waals surface area contributed by atoms with Crippen LogP contribution in [0.3, 0.4) is 0 Å². The maximum Gasteiger partial charge on any atom is 0.405 e. The summed E-state index contributed by atoms with van der Waals surface area (Å²) in [7, 11) is 0. The lowest BCUT2D eigenvalue weighted by Gasteiger charge is -2.29. The fraction of sp³-hybridized carbons (Fsp3) is 0.524.